The fraction of sp³-hybridized carbons (Fsp3) is 0.361. The second-order valence-electron chi connectivity index (χ2n) is 10.7. The van der Waals surface area contributed by atoms with Gasteiger partial charge in [0.15, 0.2) is 0 Å². The number of carboxylic acids is 1. The molecule has 0 saturated carbocycles. The molecular weight excluding hydrogens is 533 g/mol. The zero-order chi connectivity index (χ0) is 28.9. The first kappa shape index (κ1) is 33.5. The maximum absolute atomic E-state index is 11.7. The third-order valence-corrected chi connectivity index (χ3v) is 7.39. The number of unbranched alkanes of at least 4 members (excludes halogenated alkanes) is 7. The van der Waals surface area contributed by atoms with Crippen LogP contribution in [0.15, 0.2) is 91.0 Å². The standard InChI is InChI=1S/C36H43NO4.Na/c1-3-4-5-6-7-8-9-13-26-40-32-23-19-31(20-24-32)37-28(2)16-25-34(37)30-17-21-33(22-18-30)41-35(36(38)39)27-29-14-11-10-12-15-29;/h10-12,14-25,35H,3-9,13,26-27H2,1-2H3,(H,38,39);/q;+1/p-1/t35-;/m1./s1. The molecule has 4 rings (SSSR count). The first-order valence-corrected chi connectivity index (χ1v) is 15.0. The summed E-state index contributed by atoms with van der Waals surface area (Å²) in [6.07, 6.45) is 9.48. The number of benzene rings is 3. The van der Waals surface area contributed by atoms with Crippen LogP contribution in [0, 0.1) is 6.92 Å². The van der Waals surface area contributed by atoms with Crippen molar-refractivity contribution in [3.63, 3.8) is 0 Å². The quantitative estimate of drug-likeness (QED) is 0.135. The zero-order valence-electron chi connectivity index (χ0n) is 25.4. The molecule has 0 saturated heterocycles. The molecular formula is C36H42NNaO4. The number of hydrogen-bond donors (Lipinski definition) is 0. The van der Waals surface area contributed by atoms with Gasteiger partial charge in [-0.05, 0) is 85.1 Å². The molecule has 0 unspecified atom stereocenters. The zero-order valence-corrected chi connectivity index (χ0v) is 27.4. The Balaban J connectivity index is 0.00000484. The van der Waals surface area contributed by atoms with E-state index in [-0.39, 0.29) is 36.0 Å². The van der Waals surface area contributed by atoms with E-state index in [1.165, 1.54) is 44.9 Å². The summed E-state index contributed by atoms with van der Waals surface area (Å²) in [5.41, 5.74) is 5.11. The predicted molar refractivity (Wildman–Crippen MR) is 164 cm³/mol. The Labute approximate surface area is 273 Å². The van der Waals surface area contributed by atoms with E-state index in [2.05, 4.69) is 42.7 Å². The minimum absolute atomic E-state index is 0. The van der Waals surface area contributed by atoms with E-state index in [4.69, 9.17) is 9.47 Å². The van der Waals surface area contributed by atoms with Crippen molar-refractivity contribution < 1.29 is 48.9 Å². The monoisotopic (exact) mass is 575 g/mol. The molecule has 0 spiro atoms. The average Bonchev–Trinajstić information content (AvgIpc) is 3.38. The summed E-state index contributed by atoms with van der Waals surface area (Å²) < 4.78 is 14.0. The first-order valence-electron chi connectivity index (χ1n) is 15.0. The second-order valence-corrected chi connectivity index (χ2v) is 10.7. The molecule has 6 heteroatoms. The molecule has 1 aromatic heterocycles. The van der Waals surface area contributed by atoms with Crippen molar-refractivity contribution in [3.8, 4) is 28.4 Å². The van der Waals surface area contributed by atoms with Crippen molar-refractivity contribution in [3.05, 3.63) is 102 Å². The maximum atomic E-state index is 11.7. The molecule has 1 atom stereocenters. The molecule has 0 bridgehead atoms. The molecule has 1 heterocycles. The van der Waals surface area contributed by atoms with E-state index in [0.717, 1.165) is 47.0 Å². The molecule has 0 fully saturated rings. The number of aryl methyl sites for hydroxylation is 1. The minimum atomic E-state index is -1.23. The van der Waals surface area contributed by atoms with E-state index in [9.17, 15) is 9.90 Å². The van der Waals surface area contributed by atoms with Gasteiger partial charge in [0.25, 0.3) is 0 Å². The smallest absolute Gasteiger partial charge is 0.546 e. The minimum Gasteiger partial charge on any atom is -0.546 e. The fourth-order valence-corrected chi connectivity index (χ4v) is 5.09. The number of carbonyl (C=O) groups excluding carboxylic acids is 1. The van der Waals surface area contributed by atoms with E-state index in [0.29, 0.717) is 5.75 Å². The van der Waals surface area contributed by atoms with Gasteiger partial charge in [-0.15, -0.1) is 0 Å². The molecule has 0 radical (unpaired) electrons. The topological polar surface area (TPSA) is 63.5 Å². The molecule has 3 aromatic carbocycles. The van der Waals surface area contributed by atoms with Gasteiger partial charge in [-0.3, -0.25) is 0 Å². The molecule has 42 heavy (non-hydrogen) atoms. The summed E-state index contributed by atoms with van der Waals surface area (Å²) in [6.45, 7) is 5.09. The Hall–Kier alpha value is -2.99. The van der Waals surface area contributed by atoms with Crippen LogP contribution in [0.2, 0.25) is 0 Å². The largest absolute Gasteiger partial charge is 1.00 e. The van der Waals surface area contributed by atoms with Crippen LogP contribution in [0.4, 0.5) is 0 Å². The average molecular weight is 576 g/mol. The Morgan fingerprint density at radius 1 is 0.762 bits per heavy atom. The van der Waals surface area contributed by atoms with E-state index in [1.807, 2.05) is 66.7 Å². The first-order chi connectivity index (χ1) is 20.0. The van der Waals surface area contributed by atoms with Crippen LogP contribution in [-0.4, -0.2) is 23.2 Å². The van der Waals surface area contributed by atoms with Crippen LogP contribution in [0.25, 0.3) is 16.9 Å². The van der Waals surface area contributed by atoms with Gasteiger partial charge in [0, 0.05) is 17.8 Å². The summed E-state index contributed by atoms with van der Waals surface area (Å²) in [4.78, 5) is 11.7. The summed E-state index contributed by atoms with van der Waals surface area (Å²) in [6, 6.07) is 29.4. The number of carbonyl (C=O) groups is 1. The number of rotatable bonds is 17. The number of nitrogens with zero attached hydrogens (tertiary/aromatic N) is 1. The predicted octanol–water partition coefficient (Wildman–Crippen LogP) is 4.72. The van der Waals surface area contributed by atoms with E-state index in [1.54, 1.807) is 0 Å². The Bertz CT molecular complexity index is 1330. The van der Waals surface area contributed by atoms with Crippen LogP contribution < -0.4 is 44.1 Å². The van der Waals surface area contributed by atoms with Crippen LogP contribution in [0.3, 0.4) is 0 Å². The van der Waals surface area contributed by atoms with Gasteiger partial charge in [0.2, 0.25) is 0 Å². The van der Waals surface area contributed by atoms with Crippen LogP contribution in [0.5, 0.6) is 11.5 Å². The second kappa shape index (κ2) is 17.8. The van der Waals surface area contributed by atoms with Gasteiger partial charge in [-0.1, -0.05) is 82.2 Å². The maximum Gasteiger partial charge on any atom is 1.00 e. The number of ether oxygens (including phenoxy) is 2. The van der Waals surface area contributed by atoms with Gasteiger partial charge in [-0.25, -0.2) is 0 Å². The summed E-state index contributed by atoms with van der Waals surface area (Å²) in [5, 5.41) is 11.7. The van der Waals surface area contributed by atoms with Crippen LogP contribution in [0.1, 0.15) is 69.5 Å². The van der Waals surface area contributed by atoms with Gasteiger partial charge < -0.3 is 23.9 Å². The van der Waals surface area contributed by atoms with Crippen molar-refractivity contribution in [1.29, 1.82) is 0 Å². The molecule has 4 aromatic rings. The van der Waals surface area contributed by atoms with Gasteiger partial charge >= 0.3 is 29.6 Å². The van der Waals surface area contributed by atoms with E-state index < -0.39 is 12.1 Å². The van der Waals surface area contributed by atoms with Gasteiger partial charge in [0.1, 0.15) is 17.6 Å². The number of hydrogen-bond acceptors (Lipinski definition) is 4. The molecule has 5 nitrogen and oxygen atoms in total. The van der Waals surface area contributed by atoms with Crippen LogP contribution >= 0.6 is 0 Å². The Morgan fingerprint density at radius 2 is 1.38 bits per heavy atom. The van der Waals surface area contributed by atoms with E-state index >= 15 is 0 Å². The van der Waals surface area contributed by atoms with Gasteiger partial charge in [-0.2, -0.15) is 0 Å². The van der Waals surface area contributed by atoms with Crippen molar-refractivity contribution in [2.24, 2.45) is 0 Å². The van der Waals surface area contributed by atoms with Gasteiger partial charge in [0.05, 0.1) is 18.3 Å². The molecule has 0 N–H and O–H groups in total. The summed E-state index contributed by atoms with van der Waals surface area (Å²) >= 11 is 0. The molecule has 0 aliphatic carbocycles. The molecule has 0 aliphatic heterocycles. The van der Waals surface area contributed by atoms with Crippen molar-refractivity contribution in [1.82, 2.24) is 4.57 Å². The third-order valence-electron chi connectivity index (χ3n) is 7.39. The summed E-state index contributed by atoms with van der Waals surface area (Å²) in [5.74, 6) is 0.155. The van der Waals surface area contributed by atoms with Crippen molar-refractivity contribution >= 4 is 5.97 Å². The summed E-state index contributed by atoms with van der Waals surface area (Å²) in [7, 11) is 0. The Morgan fingerprint density at radius 3 is 2.02 bits per heavy atom. The van der Waals surface area contributed by atoms with Crippen LogP contribution in [-0.2, 0) is 11.2 Å². The number of aliphatic carboxylic acids is 1. The molecule has 0 amide bonds. The normalized spacial score (nSPS) is 11.5. The third kappa shape index (κ3) is 10.1. The van der Waals surface area contributed by atoms with Crippen molar-refractivity contribution in [2.45, 2.75) is 77.7 Å². The molecule has 216 valence electrons. The Kier molecular flexibility index (Phi) is 14.2. The fourth-order valence-electron chi connectivity index (χ4n) is 5.09. The number of aromatic nitrogens is 1. The van der Waals surface area contributed by atoms with Crippen molar-refractivity contribution in [2.75, 3.05) is 6.61 Å². The SMILES string of the molecule is CCCCCCCCCCOc1ccc(-n2c(C)ccc2-c2ccc(O[C@H](Cc3ccccc3)C(=O)[O-])cc2)cc1.[Na+]. The molecule has 0 aliphatic rings. The number of carboxylic acid groups (broad SMARTS) is 1.